The van der Waals surface area contributed by atoms with Crippen LogP contribution in [0, 0.1) is 0 Å². The normalized spacial score (nSPS) is 16.6. The summed E-state index contributed by atoms with van der Waals surface area (Å²) in [6, 6.07) is 0.755. The Morgan fingerprint density at radius 2 is 2.06 bits per heavy atom. The largest absolute Gasteiger partial charge is 0.372 e. The van der Waals surface area contributed by atoms with Gasteiger partial charge in [0, 0.05) is 19.6 Å². The SMILES string of the molecule is CCN(Cc1cnc(NC)cn1)C1CCCC1. The highest BCUT2D eigenvalue weighted by Crippen LogP contribution is 2.24. The van der Waals surface area contributed by atoms with E-state index in [4.69, 9.17) is 0 Å². The Balaban J connectivity index is 1.96. The third-order valence-electron chi connectivity index (χ3n) is 3.57. The first-order valence-electron chi connectivity index (χ1n) is 6.56. The van der Waals surface area contributed by atoms with E-state index < -0.39 is 0 Å². The van der Waals surface area contributed by atoms with Crippen LogP contribution in [0.5, 0.6) is 0 Å². The summed E-state index contributed by atoms with van der Waals surface area (Å²) in [6.07, 6.45) is 9.13. The Morgan fingerprint density at radius 1 is 1.29 bits per heavy atom. The number of nitrogens with one attached hydrogen (secondary N) is 1. The molecule has 17 heavy (non-hydrogen) atoms. The number of anilines is 1. The van der Waals surface area contributed by atoms with E-state index in [0.29, 0.717) is 0 Å². The van der Waals surface area contributed by atoms with Crippen LogP contribution in [0.2, 0.25) is 0 Å². The lowest BCUT2D eigenvalue weighted by Crippen LogP contribution is -2.32. The maximum Gasteiger partial charge on any atom is 0.144 e. The topological polar surface area (TPSA) is 41.1 Å². The van der Waals surface area contributed by atoms with Crippen LogP contribution in [0.25, 0.3) is 0 Å². The van der Waals surface area contributed by atoms with E-state index in [-0.39, 0.29) is 0 Å². The van der Waals surface area contributed by atoms with Crippen LogP contribution in [-0.2, 0) is 6.54 Å². The van der Waals surface area contributed by atoms with Crippen LogP contribution >= 0.6 is 0 Å². The molecule has 4 nitrogen and oxygen atoms in total. The van der Waals surface area contributed by atoms with Gasteiger partial charge >= 0.3 is 0 Å². The van der Waals surface area contributed by atoms with Gasteiger partial charge in [-0.2, -0.15) is 0 Å². The zero-order chi connectivity index (χ0) is 12.1. The molecule has 0 spiro atoms. The van der Waals surface area contributed by atoms with Crippen molar-refractivity contribution >= 4 is 5.82 Å². The fourth-order valence-electron chi connectivity index (χ4n) is 2.54. The molecule has 0 saturated heterocycles. The summed E-state index contributed by atoms with van der Waals surface area (Å²) in [4.78, 5) is 11.3. The van der Waals surface area contributed by atoms with Gasteiger partial charge in [0.25, 0.3) is 0 Å². The van der Waals surface area contributed by atoms with E-state index in [1.807, 2.05) is 13.2 Å². The van der Waals surface area contributed by atoms with Gasteiger partial charge < -0.3 is 5.32 Å². The third kappa shape index (κ3) is 3.16. The van der Waals surface area contributed by atoms with E-state index in [1.165, 1.54) is 25.7 Å². The van der Waals surface area contributed by atoms with Gasteiger partial charge in [0.2, 0.25) is 0 Å². The van der Waals surface area contributed by atoms with Gasteiger partial charge in [-0.15, -0.1) is 0 Å². The van der Waals surface area contributed by atoms with E-state index >= 15 is 0 Å². The number of aromatic nitrogens is 2. The van der Waals surface area contributed by atoms with Crippen molar-refractivity contribution in [1.82, 2.24) is 14.9 Å². The summed E-state index contributed by atoms with van der Waals surface area (Å²) >= 11 is 0. The van der Waals surface area contributed by atoms with Crippen molar-refractivity contribution < 1.29 is 0 Å². The summed E-state index contributed by atoms with van der Waals surface area (Å²) in [5.74, 6) is 0.831. The molecule has 0 aliphatic heterocycles. The first-order chi connectivity index (χ1) is 8.33. The van der Waals surface area contributed by atoms with E-state index in [1.54, 1.807) is 6.20 Å². The van der Waals surface area contributed by atoms with Crippen molar-refractivity contribution in [2.24, 2.45) is 0 Å². The van der Waals surface area contributed by atoms with Crippen LogP contribution in [0.15, 0.2) is 12.4 Å². The molecule has 2 rings (SSSR count). The summed E-state index contributed by atoms with van der Waals surface area (Å²) in [5.41, 5.74) is 1.07. The molecule has 0 bridgehead atoms. The van der Waals surface area contributed by atoms with Crippen molar-refractivity contribution in [2.45, 2.75) is 45.2 Å². The second-order valence-corrected chi connectivity index (χ2v) is 4.64. The minimum absolute atomic E-state index is 0.755. The van der Waals surface area contributed by atoms with Crippen LogP contribution in [0.4, 0.5) is 5.82 Å². The summed E-state index contributed by atoms with van der Waals surface area (Å²) < 4.78 is 0. The van der Waals surface area contributed by atoms with Crippen LogP contribution < -0.4 is 5.32 Å². The fraction of sp³-hybridized carbons (Fsp3) is 0.692. The lowest BCUT2D eigenvalue weighted by atomic mass is 10.2. The monoisotopic (exact) mass is 234 g/mol. The van der Waals surface area contributed by atoms with Crippen molar-refractivity contribution in [1.29, 1.82) is 0 Å². The van der Waals surface area contributed by atoms with Crippen molar-refractivity contribution in [3.8, 4) is 0 Å². The smallest absolute Gasteiger partial charge is 0.144 e. The maximum absolute atomic E-state index is 4.44. The van der Waals surface area contributed by atoms with Crippen LogP contribution in [-0.4, -0.2) is 34.5 Å². The molecule has 0 radical (unpaired) electrons. The molecule has 1 saturated carbocycles. The Bertz CT molecular complexity index is 330. The molecule has 1 N–H and O–H groups in total. The van der Waals surface area contributed by atoms with Gasteiger partial charge in [-0.3, -0.25) is 9.88 Å². The molecule has 0 unspecified atom stereocenters. The van der Waals surface area contributed by atoms with Crippen LogP contribution in [0.3, 0.4) is 0 Å². The van der Waals surface area contributed by atoms with Crippen molar-refractivity contribution in [3.05, 3.63) is 18.1 Å². The predicted molar refractivity (Wildman–Crippen MR) is 69.9 cm³/mol. The second-order valence-electron chi connectivity index (χ2n) is 4.64. The second kappa shape index (κ2) is 5.96. The number of hydrogen-bond acceptors (Lipinski definition) is 4. The Morgan fingerprint density at radius 3 is 2.59 bits per heavy atom. The highest BCUT2D eigenvalue weighted by atomic mass is 15.2. The van der Waals surface area contributed by atoms with E-state index in [9.17, 15) is 0 Å². The van der Waals surface area contributed by atoms with Crippen molar-refractivity contribution in [2.75, 3.05) is 18.9 Å². The first kappa shape index (κ1) is 12.3. The first-order valence-corrected chi connectivity index (χ1v) is 6.56. The molecule has 0 atom stereocenters. The van der Waals surface area contributed by atoms with Crippen molar-refractivity contribution in [3.63, 3.8) is 0 Å². The minimum atomic E-state index is 0.755. The Kier molecular flexibility index (Phi) is 4.31. The standard InChI is InChI=1S/C13H22N4/c1-3-17(12-6-4-5-7-12)10-11-8-16-13(14-2)9-15-11/h8-9,12H,3-7,10H2,1-2H3,(H,14,16). The van der Waals surface area contributed by atoms with Gasteiger partial charge in [0.05, 0.1) is 18.1 Å². The average molecular weight is 234 g/mol. The van der Waals surface area contributed by atoms with E-state index in [0.717, 1.165) is 30.6 Å². The lowest BCUT2D eigenvalue weighted by Gasteiger charge is -2.26. The molecule has 1 aromatic heterocycles. The highest BCUT2D eigenvalue weighted by Gasteiger charge is 2.21. The third-order valence-corrected chi connectivity index (χ3v) is 3.57. The zero-order valence-electron chi connectivity index (χ0n) is 10.8. The van der Waals surface area contributed by atoms with E-state index in [2.05, 4.69) is 27.1 Å². The maximum atomic E-state index is 4.44. The quantitative estimate of drug-likeness (QED) is 0.848. The van der Waals surface area contributed by atoms with Gasteiger partial charge in [0.15, 0.2) is 0 Å². The fourth-order valence-corrected chi connectivity index (χ4v) is 2.54. The predicted octanol–water partition coefficient (Wildman–Crippen LogP) is 2.28. The molecule has 0 amide bonds. The molecular weight excluding hydrogens is 212 g/mol. The molecule has 1 heterocycles. The lowest BCUT2D eigenvalue weighted by molar-refractivity contribution is 0.198. The summed E-state index contributed by atoms with van der Waals surface area (Å²) in [6.45, 7) is 4.26. The zero-order valence-corrected chi connectivity index (χ0v) is 10.8. The molecule has 1 fully saturated rings. The average Bonchev–Trinajstić information content (AvgIpc) is 2.90. The van der Waals surface area contributed by atoms with Gasteiger partial charge in [-0.25, -0.2) is 4.98 Å². The number of nitrogens with zero attached hydrogens (tertiary/aromatic N) is 3. The van der Waals surface area contributed by atoms with Gasteiger partial charge in [-0.1, -0.05) is 19.8 Å². The van der Waals surface area contributed by atoms with Gasteiger partial charge in [0.1, 0.15) is 5.82 Å². The molecule has 0 aromatic carbocycles. The molecular formula is C13H22N4. The Hall–Kier alpha value is -1.16. The number of rotatable bonds is 5. The van der Waals surface area contributed by atoms with Crippen LogP contribution in [0.1, 0.15) is 38.3 Å². The minimum Gasteiger partial charge on any atom is -0.372 e. The summed E-state index contributed by atoms with van der Waals surface area (Å²) in [7, 11) is 1.86. The molecule has 4 heteroatoms. The van der Waals surface area contributed by atoms with Gasteiger partial charge in [-0.05, 0) is 19.4 Å². The molecule has 1 aliphatic carbocycles. The molecule has 1 aliphatic rings. The number of hydrogen-bond donors (Lipinski definition) is 1. The molecule has 94 valence electrons. The summed E-state index contributed by atoms with van der Waals surface area (Å²) in [5, 5.41) is 2.99. The molecule has 1 aromatic rings. The highest BCUT2D eigenvalue weighted by molar-refractivity contribution is 5.29. The Labute approximate surface area is 103 Å².